The van der Waals surface area contributed by atoms with Crippen molar-refractivity contribution in [3.63, 3.8) is 0 Å². The molecule has 0 aromatic carbocycles. The third-order valence-electron chi connectivity index (χ3n) is 5.02. The Kier molecular flexibility index (Phi) is 3.50. The molecule has 0 spiro atoms. The van der Waals surface area contributed by atoms with E-state index in [2.05, 4.69) is 36.7 Å². The molecule has 1 aromatic rings. The van der Waals surface area contributed by atoms with Crippen molar-refractivity contribution >= 4 is 11.3 Å². The zero-order chi connectivity index (χ0) is 12.6. The van der Waals surface area contributed by atoms with Crippen LogP contribution in [0.3, 0.4) is 0 Å². The van der Waals surface area contributed by atoms with Crippen LogP contribution in [0.15, 0.2) is 17.5 Å². The van der Waals surface area contributed by atoms with Crippen LogP contribution < -0.4 is 5.32 Å². The fourth-order valence-electron chi connectivity index (χ4n) is 3.45. The molecule has 2 heteroatoms. The zero-order valence-electron chi connectivity index (χ0n) is 11.6. The number of nitrogens with one attached hydrogen (secondary N) is 1. The number of thiophene rings is 1. The normalized spacial score (nSPS) is 28.4. The first kappa shape index (κ1) is 12.7. The molecule has 1 aromatic heterocycles. The smallest absolute Gasteiger partial charge is 0.0443 e. The molecular weight excluding hydrogens is 238 g/mol. The van der Waals surface area contributed by atoms with Crippen LogP contribution in [-0.4, -0.2) is 6.54 Å². The predicted molar refractivity (Wildman–Crippen MR) is 78.9 cm³/mol. The molecule has 0 radical (unpaired) electrons. The van der Waals surface area contributed by atoms with Crippen LogP contribution in [0.25, 0.3) is 0 Å². The molecular formula is C16H25NS. The lowest BCUT2D eigenvalue weighted by Crippen LogP contribution is -2.29. The first-order valence-electron chi connectivity index (χ1n) is 7.43. The summed E-state index contributed by atoms with van der Waals surface area (Å²) in [6.07, 6.45) is 7.11. The first-order valence-corrected chi connectivity index (χ1v) is 8.31. The summed E-state index contributed by atoms with van der Waals surface area (Å²) in [4.78, 5) is 1.56. The Balaban J connectivity index is 1.62. The quantitative estimate of drug-likeness (QED) is 0.817. The van der Waals surface area contributed by atoms with Crippen molar-refractivity contribution in [3.05, 3.63) is 22.4 Å². The Hall–Kier alpha value is -0.340. The van der Waals surface area contributed by atoms with E-state index in [1.165, 1.54) is 38.6 Å². The molecule has 2 aliphatic carbocycles. The van der Waals surface area contributed by atoms with Crippen LogP contribution in [0.5, 0.6) is 0 Å². The molecule has 0 amide bonds. The summed E-state index contributed by atoms with van der Waals surface area (Å²) >= 11 is 1.93. The van der Waals surface area contributed by atoms with E-state index in [1.807, 2.05) is 11.3 Å². The third-order valence-corrected chi connectivity index (χ3v) is 5.98. The minimum atomic E-state index is 0.600. The molecule has 18 heavy (non-hydrogen) atoms. The van der Waals surface area contributed by atoms with Crippen molar-refractivity contribution < 1.29 is 0 Å². The fourth-order valence-corrected chi connectivity index (χ4v) is 4.35. The van der Waals surface area contributed by atoms with Gasteiger partial charge in [0.25, 0.3) is 0 Å². The second kappa shape index (κ2) is 4.97. The maximum atomic E-state index is 3.89. The lowest BCUT2D eigenvalue weighted by atomic mass is 9.96. The van der Waals surface area contributed by atoms with E-state index < -0.39 is 0 Å². The summed E-state index contributed by atoms with van der Waals surface area (Å²) in [5.74, 6) is 1.78. The van der Waals surface area contributed by atoms with Gasteiger partial charge in [-0.05, 0) is 54.5 Å². The standard InChI is InChI=1S/C16H25NS/c1-16(2)10-13(16)11-17-15(12-6-3-4-7-12)14-8-5-9-18-14/h5,8-9,12-13,15,17H,3-4,6-7,10-11H2,1-2H3. The van der Waals surface area contributed by atoms with Crippen molar-refractivity contribution in [2.75, 3.05) is 6.54 Å². The predicted octanol–water partition coefficient (Wildman–Crippen LogP) is 4.62. The van der Waals surface area contributed by atoms with Gasteiger partial charge in [0.05, 0.1) is 0 Å². The van der Waals surface area contributed by atoms with Gasteiger partial charge in [0.15, 0.2) is 0 Å². The Labute approximate surface area is 115 Å². The minimum absolute atomic E-state index is 0.600. The second-order valence-corrected chi connectivity index (χ2v) is 7.81. The Bertz CT molecular complexity index is 376. The van der Waals surface area contributed by atoms with Gasteiger partial charge in [0.2, 0.25) is 0 Å². The van der Waals surface area contributed by atoms with Crippen molar-refractivity contribution in [1.82, 2.24) is 5.32 Å². The van der Waals surface area contributed by atoms with E-state index in [1.54, 1.807) is 4.88 Å². The highest BCUT2D eigenvalue weighted by Gasteiger charge is 2.45. The second-order valence-electron chi connectivity index (χ2n) is 6.84. The number of hydrogen-bond acceptors (Lipinski definition) is 2. The minimum Gasteiger partial charge on any atom is -0.309 e. The summed E-state index contributed by atoms with van der Waals surface area (Å²) in [6.45, 7) is 6.01. The van der Waals surface area contributed by atoms with E-state index in [0.717, 1.165) is 11.8 Å². The Morgan fingerprint density at radius 1 is 1.39 bits per heavy atom. The first-order chi connectivity index (χ1) is 8.67. The van der Waals surface area contributed by atoms with Gasteiger partial charge < -0.3 is 5.32 Å². The van der Waals surface area contributed by atoms with Gasteiger partial charge in [-0.3, -0.25) is 0 Å². The molecule has 100 valence electrons. The fraction of sp³-hybridized carbons (Fsp3) is 0.750. The topological polar surface area (TPSA) is 12.0 Å². The molecule has 2 atom stereocenters. The van der Waals surface area contributed by atoms with Crippen LogP contribution in [-0.2, 0) is 0 Å². The van der Waals surface area contributed by atoms with Crippen LogP contribution >= 0.6 is 11.3 Å². The molecule has 1 N–H and O–H groups in total. The summed E-state index contributed by atoms with van der Waals surface area (Å²) in [5.41, 5.74) is 0.600. The summed E-state index contributed by atoms with van der Waals surface area (Å²) in [5, 5.41) is 6.11. The molecule has 0 aliphatic heterocycles. The summed E-state index contributed by atoms with van der Waals surface area (Å²) in [6, 6.07) is 5.15. The van der Waals surface area contributed by atoms with E-state index in [-0.39, 0.29) is 0 Å². The van der Waals surface area contributed by atoms with Gasteiger partial charge in [-0.2, -0.15) is 0 Å². The lowest BCUT2D eigenvalue weighted by molar-refractivity contribution is 0.358. The summed E-state index contributed by atoms with van der Waals surface area (Å²) in [7, 11) is 0. The van der Waals surface area contributed by atoms with Crippen LogP contribution in [0.4, 0.5) is 0 Å². The van der Waals surface area contributed by atoms with Gasteiger partial charge in [-0.25, -0.2) is 0 Å². The average Bonchev–Trinajstić information content (AvgIpc) is 2.86. The molecule has 0 bridgehead atoms. The maximum Gasteiger partial charge on any atom is 0.0443 e. The number of rotatable bonds is 5. The highest BCUT2D eigenvalue weighted by molar-refractivity contribution is 7.10. The molecule has 1 heterocycles. The molecule has 2 aliphatic rings. The average molecular weight is 263 g/mol. The van der Waals surface area contributed by atoms with Crippen molar-refractivity contribution in [2.45, 2.75) is 52.0 Å². The molecule has 2 saturated carbocycles. The van der Waals surface area contributed by atoms with Gasteiger partial charge >= 0.3 is 0 Å². The van der Waals surface area contributed by atoms with Crippen LogP contribution in [0.2, 0.25) is 0 Å². The Morgan fingerprint density at radius 2 is 2.11 bits per heavy atom. The van der Waals surface area contributed by atoms with Crippen molar-refractivity contribution in [1.29, 1.82) is 0 Å². The SMILES string of the molecule is CC1(C)CC1CNC(c1cccs1)C1CCCC1. The maximum absolute atomic E-state index is 3.89. The Morgan fingerprint density at radius 3 is 2.67 bits per heavy atom. The molecule has 3 rings (SSSR count). The largest absolute Gasteiger partial charge is 0.309 e. The molecule has 2 unspecified atom stereocenters. The number of hydrogen-bond donors (Lipinski definition) is 1. The monoisotopic (exact) mass is 263 g/mol. The van der Waals surface area contributed by atoms with Crippen molar-refractivity contribution in [2.24, 2.45) is 17.3 Å². The van der Waals surface area contributed by atoms with E-state index >= 15 is 0 Å². The highest BCUT2D eigenvalue weighted by atomic mass is 32.1. The van der Waals surface area contributed by atoms with Gasteiger partial charge in [0.1, 0.15) is 0 Å². The van der Waals surface area contributed by atoms with Crippen molar-refractivity contribution in [3.8, 4) is 0 Å². The van der Waals surface area contributed by atoms with Gasteiger partial charge in [0, 0.05) is 10.9 Å². The lowest BCUT2D eigenvalue weighted by Gasteiger charge is -2.24. The van der Waals surface area contributed by atoms with E-state index in [4.69, 9.17) is 0 Å². The summed E-state index contributed by atoms with van der Waals surface area (Å²) < 4.78 is 0. The van der Waals surface area contributed by atoms with Crippen LogP contribution in [0.1, 0.15) is 56.9 Å². The zero-order valence-corrected chi connectivity index (χ0v) is 12.4. The van der Waals surface area contributed by atoms with Gasteiger partial charge in [-0.15, -0.1) is 11.3 Å². The van der Waals surface area contributed by atoms with Gasteiger partial charge in [-0.1, -0.05) is 32.8 Å². The molecule has 1 nitrogen and oxygen atoms in total. The van der Waals surface area contributed by atoms with E-state index in [0.29, 0.717) is 11.5 Å². The third kappa shape index (κ3) is 2.65. The molecule has 2 fully saturated rings. The van der Waals surface area contributed by atoms with E-state index in [9.17, 15) is 0 Å². The molecule has 0 saturated heterocycles. The highest BCUT2D eigenvalue weighted by Crippen LogP contribution is 2.51. The van der Waals surface area contributed by atoms with Crippen LogP contribution in [0, 0.1) is 17.3 Å².